The van der Waals surface area contributed by atoms with E-state index in [-0.39, 0.29) is 0 Å². The third-order valence-electron chi connectivity index (χ3n) is 9.11. The molecular formula is C43H26N2OS2. The average molecular weight is 651 g/mol. The van der Waals surface area contributed by atoms with Crippen molar-refractivity contribution in [3.63, 3.8) is 0 Å². The molecule has 7 aromatic carbocycles. The van der Waals surface area contributed by atoms with Gasteiger partial charge in [-0.25, -0.2) is 4.98 Å². The SMILES string of the molecule is c1ccc(-c2ccc(N(c3ccc4c(c3)oc3ccc5sc(-c6ccccc6)nc5c34)c3ccc4sc5ccccc5c4c3)cc2)cc1. The van der Waals surface area contributed by atoms with Crippen LogP contribution in [0.25, 0.3) is 74.0 Å². The number of fused-ring (bicyclic) bond motifs is 8. The Hall–Kier alpha value is -5.75. The summed E-state index contributed by atoms with van der Waals surface area (Å²) in [5, 5.41) is 5.71. The second-order valence-electron chi connectivity index (χ2n) is 12.0. The predicted octanol–water partition coefficient (Wildman–Crippen LogP) is 13.4. The molecule has 0 aliphatic carbocycles. The summed E-state index contributed by atoms with van der Waals surface area (Å²) in [5.41, 5.74) is 9.43. The fraction of sp³-hybridized carbons (Fsp3) is 0. The molecule has 0 N–H and O–H groups in total. The van der Waals surface area contributed by atoms with E-state index < -0.39 is 0 Å². The second-order valence-corrected chi connectivity index (χ2v) is 14.1. The summed E-state index contributed by atoms with van der Waals surface area (Å²) in [5.74, 6) is 0. The Bertz CT molecular complexity index is 2780. The van der Waals surface area contributed by atoms with Gasteiger partial charge in [-0.05, 0) is 71.8 Å². The third-order valence-corrected chi connectivity index (χ3v) is 11.3. The van der Waals surface area contributed by atoms with Gasteiger partial charge in [0.15, 0.2) is 0 Å². The van der Waals surface area contributed by atoms with Gasteiger partial charge in [-0.15, -0.1) is 22.7 Å². The zero-order valence-corrected chi connectivity index (χ0v) is 27.3. The molecule has 0 aliphatic rings. The number of benzene rings is 7. The minimum absolute atomic E-state index is 0.845. The van der Waals surface area contributed by atoms with Crippen molar-refractivity contribution >= 4 is 92.1 Å². The van der Waals surface area contributed by atoms with Crippen molar-refractivity contribution in [1.82, 2.24) is 4.98 Å². The number of furan rings is 1. The first-order valence-electron chi connectivity index (χ1n) is 15.9. The highest BCUT2D eigenvalue weighted by Gasteiger charge is 2.19. The molecule has 48 heavy (non-hydrogen) atoms. The molecule has 10 aromatic rings. The summed E-state index contributed by atoms with van der Waals surface area (Å²) in [4.78, 5) is 7.45. The van der Waals surface area contributed by atoms with Gasteiger partial charge in [-0.2, -0.15) is 0 Å². The van der Waals surface area contributed by atoms with Gasteiger partial charge in [0, 0.05) is 54.3 Å². The molecule has 0 radical (unpaired) electrons. The Morgan fingerprint density at radius 1 is 0.438 bits per heavy atom. The zero-order valence-electron chi connectivity index (χ0n) is 25.6. The van der Waals surface area contributed by atoms with Crippen LogP contribution < -0.4 is 4.90 Å². The third kappa shape index (κ3) is 4.43. The summed E-state index contributed by atoms with van der Waals surface area (Å²) in [6, 6.07) is 56.0. The van der Waals surface area contributed by atoms with E-state index in [1.807, 2.05) is 17.4 Å². The van der Waals surface area contributed by atoms with Gasteiger partial charge in [-0.1, -0.05) is 91.0 Å². The van der Waals surface area contributed by atoms with Crippen LogP contribution in [0.15, 0.2) is 162 Å². The van der Waals surface area contributed by atoms with E-state index in [1.54, 1.807) is 11.3 Å². The Labute approximate surface area is 284 Å². The average Bonchev–Trinajstić information content (AvgIpc) is 3.86. The van der Waals surface area contributed by atoms with E-state index in [9.17, 15) is 0 Å². The maximum absolute atomic E-state index is 6.57. The summed E-state index contributed by atoms with van der Waals surface area (Å²) in [6.07, 6.45) is 0. The summed E-state index contributed by atoms with van der Waals surface area (Å²) < 4.78 is 10.3. The van der Waals surface area contributed by atoms with Crippen LogP contribution in [0.3, 0.4) is 0 Å². The lowest BCUT2D eigenvalue weighted by atomic mass is 10.0. The highest BCUT2D eigenvalue weighted by molar-refractivity contribution is 7.25. The lowest BCUT2D eigenvalue weighted by Gasteiger charge is -2.26. The molecule has 0 amide bonds. The fourth-order valence-corrected chi connectivity index (χ4v) is 8.88. The number of hydrogen-bond acceptors (Lipinski definition) is 5. The Kier molecular flexibility index (Phi) is 6.22. The zero-order chi connectivity index (χ0) is 31.6. The fourth-order valence-electron chi connectivity index (χ4n) is 6.82. The summed E-state index contributed by atoms with van der Waals surface area (Å²) in [7, 11) is 0. The number of anilines is 3. The number of aromatic nitrogens is 1. The summed E-state index contributed by atoms with van der Waals surface area (Å²) in [6.45, 7) is 0. The van der Waals surface area contributed by atoms with Gasteiger partial charge >= 0.3 is 0 Å². The van der Waals surface area contributed by atoms with Crippen LogP contribution in [0, 0.1) is 0 Å². The lowest BCUT2D eigenvalue weighted by molar-refractivity contribution is 0.669. The van der Waals surface area contributed by atoms with Gasteiger partial charge in [0.1, 0.15) is 16.2 Å². The molecule has 0 aliphatic heterocycles. The van der Waals surface area contributed by atoms with Gasteiger partial charge in [0.2, 0.25) is 0 Å². The van der Waals surface area contributed by atoms with Crippen LogP contribution in [-0.4, -0.2) is 4.98 Å². The van der Waals surface area contributed by atoms with E-state index in [0.29, 0.717) is 0 Å². The van der Waals surface area contributed by atoms with Crippen LogP contribution in [0.2, 0.25) is 0 Å². The van der Waals surface area contributed by atoms with Gasteiger partial charge in [0.25, 0.3) is 0 Å². The standard InChI is InChI=1S/C43H26N2OS2/c1-3-9-27(10-4-1)28-15-17-30(18-16-28)45(31-20-23-39-35(25-31)33-13-7-8-14-38(33)47-39)32-19-21-34-37(26-32)46-36-22-24-40-42(41(34)36)44-43(48-40)29-11-5-2-6-12-29/h1-26H. The van der Waals surface area contributed by atoms with Crippen molar-refractivity contribution in [1.29, 1.82) is 0 Å². The maximum Gasteiger partial charge on any atom is 0.137 e. The van der Waals surface area contributed by atoms with Crippen LogP contribution in [0.1, 0.15) is 0 Å². The maximum atomic E-state index is 6.57. The minimum atomic E-state index is 0.845. The van der Waals surface area contributed by atoms with Crippen molar-refractivity contribution in [3.8, 4) is 21.7 Å². The van der Waals surface area contributed by atoms with E-state index in [1.165, 1.54) is 31.3 Å². The van der Waals surface area contributed by atoms with Crippen molar-refractivity contribution in [3.05, 3.63) is 158 Å². The van der Waals surface area contributed by atoms with Gasteiger partial charge < -0.3 is 9.32 Å². The molecule has 3 aromatic heterocycles. The molecule has 226 valence electrons. The molecule has 0 saturated heterocycles. The van der Waals surface area contributed by atoms with E-state index >= 15 is 0 Å². The van der Waals surface area contributed by atoms with Crippen molar-refractivity contribution in [2.24, 2.45) is 0 Å². The van der Waals surface area contributed by atoms with E-state index in [4.69, 9.17) is 9.40 Å². The molecule has 10 rings (SSSR count). The molecule has 0 atom stereocenters. The number of thiazole rings is 1. The number of thiophene rings is 1. The Balaban J connectivity index is 1.14. The van der Waals surface area contributed by atoms with E-state index in [2.05, 4.69) is 157 Å². The smallest absolute Gasteiger partial charge is 0.137 e. The molecule has 0 spiro atoms. The Morgan fingerprint density at radius 2 is 1.08 bits per heavy atom. The van der Waals surface area contributed by atoms with Crippen molar-refractivity contribution in [2.75, 3.05) is 4.90 Å². The summed E-state index contributed by atoms with van der Waals surface area (Å²) >= 11 is 3.56. The van der Waals surface area contributed by atoms with Crippen LogP contribution in [-0.2, 0) is 0 Å². The molecule has 5 heteroatoms. The topological polar surface area (TPSA) is 29.3 Å². The number of nitrogens with zero attached hydrogens (tertiary/aromatic N) is 2. The van der Waals surface area contributed by atoms with Crippen LogP contribution in [0.4, 0.5) is 17.1 Å². The molecule has 0 saturated carbocycles. The first-order chi connectivity index (χ1) is 23.8. The highest BCUT2D eigenvalue weighted by atomic mass is 32.1. The first-order valence-corrected chi connectivity index (χ1v) is 17.6. The molecule has 3 nitrogen and oxygen atoms in total. The number of hydrogen-bond donors (Lipinski definition) is 0. The first kappa shape index (κ1) is 27.4. The monoisotopic (exact) mass is 650 g/mol. The second kappa shape index (κ2) is 10.9. The molecule has 0 unspecified atom stereocenters. The normalized spacial score (nSPS) is 11.8. The largest absolute Gasteiger partial charge is 0.456 e. The molecular weight excluding hydrogens is 625 g/mol. The predicted molar refractivity (Wildman–Crippen MR) is 205 cm³/mol. The van der Waals surface area contributed by atoms with E-state index in [0.717, 1.165) is 59.8 Å². The highest BCUT2D eigenvalue weighted by Crippen LogP contribution is 2.44. The van der Waals surface area contributed by atoms with Gasteiger partial charge in [-0.3, -0.25) is 0 Å². The van der Waals surface area contributed by atoms with Crippen molar-refractivity contribution < 1.29 is 4.42 Å². The van der Waals surface area contributed by atoms with Crippen LogP contribution in [0.5, 0.6) is 0 Å². The van der Waals surface area contributed by atoms with Crippen molar-refractivity contribution in [2.45, 2.75) is 0 Å². The van der Waals surface area contributed by atoms with Gasteiger partial charge in [0.05, 0.1) is 15.6 Å². The van der Waals surface area contributed by atoms with Crippen LogP contribution >= 0.6 is 22.7 Å². The minimum Gasteiger partial charge on any atom is -0.456 e. The molecule has 0 bridgehead atoms. The Morgan fingerprint density at radius 3 is 1.92 bits per heavy atom. The molecule has 3 heterocycles. The number of rotatable bonds is 5. The molecule has 0 fully saturated rings. The quantitative estimate of drug-likeness (QED) is 0.186. The lowest BCUT2D eigenvalue weighted by Crippen LogP contribution is -2.09.